The van der Waals surface area contributed by atoms with Crippen LogP contribution in [0.4, 0.5) is 4.39 Å². The fourth-order valence-corrected chi connectivity index (χ4v) is 5.16. The molecule has 0 spiro atoms. The molecule has 2 aromatic carbocycles. The van der Waals surface area contributed by atoms with Gasteiger partial charge in [0.2, 0.25) is 0 Å². The van der Waals surface area contributed by atoms with E-state index in [2.05, 4.69) is 46.9 Å². The summed E-state index contributed by atoms with van der Waals surface area (Å²) >= 11 is 0. The van der Waals surface area contributed by atoms with Crippen molar-refractivity contribution in [2.24, 2.45) is 0 Å². The largest absolute Gasteiger partial charge is 0.378 e. The van der Waals surface area contributed by atoms with Gasteiger partial charge in [-0.15, -0.1) is 0 Å². The zero-order chi connectivity index (χ0) is 27.1. The normalized spacial score (nSPS) is 15.1. The van der Waals surface area contributed by atoms with Crippen LogP contribution >= 0.6 is 0 Å². The molecule has 0 radical (unpaired) electrons. The van der Waals surface area contributed by atoms with Gasteiger partial charge < -0.3 is 14.6 Å². The lowest BCUT2D eigenvalue weighted by atomic mass is 10.0. The quantitative estimate of drug-likeness (QED) is 0.269. The number of aryl methyl sites for hydroxylation is 1. The molecule has 1 saturated heterocycles. The van der Waals surface area contributed by atoms with Crippen LogP contribution in [0.5, 0.6) is 0 Å². The Labute approximate surface area is 225 Å². The van der Waals surface area contributed by atoms with Gasteiger partial charge in [-0.2, -0.15) is 0 Å². The number of aldehydes is 1. The highest BCUT2D eigenvalue weighted by Gasteiger charge is 2.21. The molecule has 0 aliphatic carbocycles. The highest BCUT2D eigenvalue weighted by Crippen LogP contribution is 2.32. The van der Waals surface area contributed by atoms with Crippen LogP contribution < -0.4 is 5.32 Å². The highest BCUT2D eigenvalue weighted by molar-refractivity contribution is 6.00. The SMILES string of the molecule is CC(C)c1c(C=O)c2ccc(CC3CCCO3)cc2n1Cc1ccccn1.CNCc1ccc(C)c(F)c1. The molecular weight excluding hydrogens is 477 g/mol. The van der Waals surface area contributed by atoms with E-state index in [0.29, 0.717) is 18.2 Å². The second-order valence-electron chi connectivity index (χ2n) is 10.3. The van der Waals surface area contributed by atoms with E-state index in [1.165, 1.54) is 5.56 Å². The molecule has 1 atom stereocenters. The third-order valence-electron chi connectivity index (χ3n) is 7.03. The number of aromatic nitrogens is 2. The Morgan fingerprint density at radius 3 is 2.61 bits per heavy atom. The Hall–Kier alpha value is -3.35. The molecule has 1 unspecified atom stereocenters. The van der Waals surface area contributed by atoms with Gasteiger partial charge in [-0.3, -0.25) is 9.78 Å². The van der Waals surface area contributed by atoms with Gasteiger partial charge >= 0.3 is 0 Å². The zero-order valence-electron chi connectivity index (χ0n) is 22.8. The molecule has 0 amide bonds. The van der Waals surface area contributed by atoms with Gasteiger partial charge in [0.05, 0.1) is 18.3 Å². The molecule has 200 valence electrons. The number of hydrogen-bond acceptors (Lipinski definition) is 4. The topological polar surface area (TPSA) is 56.2 Å². The number of hydrogen-bond donors (Lipinski definition) is 1. The standard InChI is InChI=1S/C23H26N2O2.C9H12FN/c1-16(2)23-21(15-26)20-9-8-17(12-19-7-5-11-27-19)13-22(20)25(23)14-18-6-3-4-10-24-18;1-7-3-4-8(6-11-2)5-9(7)10/h3-4,6,8-10,13,15-16,19H,5,7,11-12,14H2,1-2H3;3-5,11H,6H2,1-2H3. The van der Waals surface area contributed by atoms with Gasteiger partial charge in [0.25, 0.3) is 0 Å². The van der Waals surface area contributed by atoms with Gasteiger partial charge in [-0.25, -0.2) is 4.39 Å². The van der Waals surface area contributed by atoms with Crippen LogP contribution in [-0.2, 0) is 24.2 Å². The van der Waals surface area contributed by atoms with Gasteiger partial charge in [-0.1, -0.05) is 44.2 Å². The number of benzene rings is 2. The van der Waals surface area contributed by atoms with E-state index in [4.69, 9.17) is 4.74 Å². The van der Waals surface area contributed by atoms with E-state index in [1.54, 1.807) is 19.1 Å². The van der Waals surface area contributed by atoms with Crippen LogP contribution in [0.1, 0.15) is 71.0 Å². The Morgan fingerprint density at radius 2 is 1.97 bits per heavy atom. The number of rotatable bonds is 8. The number of carbonyl (C=O) groups excluding carboxylic acids is 1. The summed E-state index contributed by atoms with van der Waals surface area (Å²) < 4.78 is 21.0. The predicted molar refractivity (Wildman–Crippen MR) is 151 cm³/mol. The van der Waals surface area contributed by atoms with Crippen molar-refractivity contribution in [2.45, 2.75) is 65.1 Å². The summed E-state index contributed by atoms with van der Waals surface area (Å²) in [6.45, 7) is 8.31. The van der Waals surface area contributed by atoms with Gasteiger partial charge in [0.15, 0.2) is 6.29 Å². The fourth-order valence-electron chi connectivity index (χ4n) is 5.16. The van der Waals surface area contributed by atoms with E-state index in [-0.39, 0.29) is 11.7 Å². The Morgan fingerprint density at radius 1 is 1.16 bits per heavy atom. The fraction of sp³-hybridized carbons (Fsp3) is 0.375. The van der Waals surface area contributed by atoms with E-state index >= 15 is 0 Å². The molecule has 1 aliphatic heterocycles. The lowest BCUT2D eigenvalue weighted by Gasteiger charge is -2.14. The maximum absolute atomic E-state index is 12.9. The molecule has 5 nitrogen and oxygen atoms in total. The van der Waals surface area contributed by atoms with Crippen molar-refractivity contribution < 1.29 is 13.9 Å². The van der Waals surface area contributed by atoms with Crippen LogP contribution in [0.3, 0.4) is 0 Å². The van der Waals surface area contributed by atoms with Crippen LogP contribution in [0, 0.1) is 12.7 Å². The lowest BCUT2D eigenvalue weighted by molar-refractivity contribution is 0.111. The molecule has 38 heavy (non-hydrogen) atoms. The molecule has 1 aliphatic rings. The summed E-state index contributed by atoms with van der Waals surface area (Å²) in [5, 5.41) is 3.99. The first-order valence-corrected chi connectivity index (χ1v) is 13.4. The summed E-state index contributed by atoms with van der Waals surface area (Å²) in [5.41, 5.74) is 6.95. The molecular formula is C32H38FN3O2. The molecule has 2 aromatic heterocycles. The van der Waals surface area contributed by atoms with Crippen molar-refractivity contribution in [3.8, 4) is 0 Å². The molecule has 6 heteroatoms. The van der Waals surface area contributed by atoms with E-state index in [1.807, 2.05) is 37.5 Å². The highest BCUT2D eigenvalue weighted by atomic mass is 19.1. The minimum Gasteiger partial charge on any atom is -0.378 e. The summed E-state index contributed by atoms with van der Waals surface area (Å²) in [5.74, 6) is 0.126. The summed E-state index contributed by atoms with van der Waals surface area (Å²) in [6, 6.07) is 17.7. The molecule has 0 bridgehead atoms. The van der Waals surface area contributed by atoms with E-state index in [0.717, 1.165) is 72.1 Å². The van der Waals surface area contributed by atoms with Gasteiger partial charge in [0.1, 0.15) is 5.82 Å². The molecule has 1 fully saturated rings. The Balaban J connectivity index is 0.000000257. The number of nitrogens with one attached hydrogen (secondary N) is 1. The molecule has 3 heterocycles. The number of carbonyl (C=O) groups is 1. The lowest BCUT2D eigenvalue weighted by Crippen LogP contribution is -2.10. The van der Waals surface area contributed by atoms with Crippen LogP contribution in [0.15, 0.2) is 60.8 Å². The van der Waals surface area contributed by atoms with Crippen molar-refractivity contribution >= 4 is 17.2 Å². The molecule has 4 aromatic rings. The summed E-state index contributed by atoms with van der Waals surface area (Å²) in [6.07, 6.45) is 6.35. The average molecular weight is 516 g/mol. The van der Waals surface area contributed by atoms with Crippen molar-refractivity contribution in [1.29, 1.82) is 0 Å². The Bertz CT molecular complexity index is 1360. The Kier molecular flexibility index (Phi) is 9.43. The van der Waals surface area contributed by atoms with Crippen LogP contribution in [0.2, 0.25) is 0 Å². The number of halogens is 1. The first kappa shape index (κ1) is 27.7. The van der Waals surface area contributed by atoms with Gasteiger partial charge in [-0.05, 0) is 80.1 Å². The summed E-state index contributed by atoms with van der Waals surface area (Å²) in [7, 11) is 1.85. The maximum Gasteiger partial charge on any atom is 0.152 e. The average Bonchev–Trinajstić information content (AvgIpc) is 3.53. The van der Waals surface area contributed by atoms with E-state index < -0.39 is 0 Å². The number of nitrogens with zero attached hydrogens (tertiary/aromatic N) is 2. The minimum absolute atomic E-state index is 0.127. The number of pyridine rings is 1. The minimum atomic E-state index is -0.127. The smallest absolute Gasteiger partial charge is 0.152 e. The van der Waals surface area contributed by atoms with Crippen molar-refractivity contribution in [3.05, 3.63) is 100 Å². The summed E-state index contributed by atoms with van der Waals surface area (Å²) in [4.78, 5) is 16.4. The van der Waals surface area contributed by atoms with Crippen LogP contribution in [0.25, 0.3) is 10.9 Å². The monoisotopic (exact) mass is 515 g/mol. The zero-order valence-corrected chi connectivity index (χ0v) is 22.8. The van der Waals surface area contributed by atoms with E-state index in [9.17, 15) is 9.18 Å². The molecule has 0 saturated carbocycles. The second kappa shape index (κ2) is 12.9. The van der Waals surface area contributed by atoms with Crippen LogP contribution in [-0.4, -0.2) is 35.6 Å². The number of ether oxygens (including phenoxy) is 1. The molecule has 1 N–H and O–H groups in total. The predicted octanol–water partition coefficient (Wildman–Crippen LogP) is 6.60. The maximum atomic E-state index is 12.9. The third-order valence-corrected chi connectivity index (χ3v) is 7.03. The number of fused-ring (bicyclic) bond motifs is 1. The second-order valence-corrected chi connectivity index (χ2v) is 10.3. The van der Waals surface area contributed by atoms with Crippen molar-refractivity contribution in [3.63, 3.8) is 0 Å². The third kappa shape index (κ3) is 6.55. The van der Waals surface area contributed by atoms with Crippen molar-refractivity contribution in [1.82, 2.24) is 14.9 Å². The first-order valence-electron chi connectivity index (χ1n) is 13.4. The van der Waals surface area contributed by atoms with Gasteiger partial charge in [0, 0.05) is 41.5 Å². The van der Waals surface area contributed by atoms with Crippen molar-refractivity contribution in [2.75, 3.05) is 13.7 Å². The molecule has 5 rings (SSSR count). The first-order chi connectivity index (χ1) is 18.4.